The van der Waals surface area contributed by atoms with E-state index in [1.165, 1.54) is 12.3 Å². The summed E-state index contributed by atoms with van der Waals surface area (Å²) in [5.74, 6) is -0.0424. The molecule has 3 aromatic rings. The van der Waals surface area contributed by atoms with Gasteiger partial charge in [-0.25, -0.2) is 0 Å². The Hall–Kier alpha value is -2.94. The number of alkyl halides is 3. The van der Waals surface area contributed by atoms with Crippen LogP contribution in [0, 0.1) is 0 Å². The molecule has 2 atom stereocenters. The first-order valence-corrected chi connectivity index (χ1v) is 8.78. The zero-order chi connectivity index (χ0) is 19.9. The molecule has 4 rings (SSSR count). The molecule has 28 heavy (non-hydrogen) atoms. The van der Waals surface area contributed by atoms with E-state index in [9.17, 15) is 23.4 Å². The molecule has 6 nitrogen and oxygen atoms in total. The fourth-order valence-corrected chi connectivity index (χ4v) is 3.49. The van der Waals surface area contributed by atoms with Crippen LogP contribution in [0.4, 0.5) is 19.0 Å². The fourth-order valence-electron chi connectivity index (χ4n) is 3.49. The quantitative estimate of drug-likeness (QED) is 0.631. The van der Waals surface area contributed by atoms with Crippen molar-refractivity contribution in [2.45, 2.75) is 37.6 Å². The maximum atomic E-state index is 12.9. The lowest BCUT2D eigenvalue weighted by molar-refractivity contribution is -0.137. The molecule has 0 spiro atoms. The highest BCUT2D eigenvalue weighted by Gasteiger charge is 2.31. The number of pyridine rings is 1. The minimum absolute atomic E-state index is 0.0537. The summed E-state index contributed by atoms with van der Waals surface area (Å²) in [5.41, 5.74) is -0.522. The highest BCUT2D eigenvalue weighted by molar-refractivity contribution is 6.00. The van der Waals surface area contributed by atoms with Gasteiger partial charge in [-0.1, -0.05) is 0 Å². The van der Waals surface area contributed by atoms with Gasteiger partial charge in [0.1, 0.15) is 11.4 Å². The van der Waals surface area contributed by atoms with E-state index in [1.54, 1.807) is 12.3 Å². The summed E-state index contributed by atoms with van der Waals surface area (Å²) in [5, 5.41) is 32.7. The van der Waals surface area contributed by atoms with Crippen molar-refractivity contribution in [1.82, 2.24) is 15.2 Å². The molecule has 1 saturated carbocycles. The fraction of sp³-hybridized carbons (Fsp3) is 0.316. The van der Waals surface area contributed by atoms with Gasteiger partial charge in [0.25, 0.3) is 0 Å². The van der Waals surface area contributed by atoms with Gasteiger partial charge in [-0.2, -0.15) is 13.2 Å². The summed E-state index contributed by atoms with van der Waals surface area (Å²) in [7, 11) is 0. The standard InChI is InChI=1S/C19H17F3N4O2/c20-19(21,22)10-1-4-14(16(28)7-10)17-13-5-6-23-9-15(13)18(26-25-17)24-11-2-3-12(27)8-11/h1,4-7,9,11-12,27-28H,2-3,8H2,(H,24,26)/t11-,12+/m0/s1. The van der Waals surface area contributed by atoms with Crippen LogP contribution in [-0.4, -0.2) is 37.5 Å². The lowest BCUT2D eigenvalue weighted by atomic mass is 10.0. The first kappa shape index (κ1) is 18.4. The number of aliphatic hydroxyl groups excluding tert-OH is 1. The van der Waals surface area contributed by atoms with E-state index >= 15 is 0 Å². The largest absolute Gasteiger partial charge is 0.507 e. The van der Waals surface area contributed by atoms with Crippen molar-refractivity contribution in [2.24, 2.45) is 0 Å². The normalized spacial score (nSPS) is 19.9. The summed E-state index contributed by atoms with van der Waals surface area (Å²) < 4.78 is 38.6. The van der Waals surface area contributed by atoms with Crippen LogP contribution in [0.25, 0.3) is 22.0 Å². The summed E-state index contributed by atoms with van der Waals surface area (Å²) in [6.45, 7) is 0. The molecule has 0 aliphatic heterocycles. The van der Waals surface area contributed by atoms with Gasteiger partial charge in [-0.15, -0.1) is 10.2 Å². The second-order valence-electron chi connectivity index (χ2n) is 6.86. The first-order chi connectivity index (χ1) is 13.3. The molecule has 1 aliphatic carbocycles. The monoisotopic (exact) mass is 390 g/mol. The summed E-state index contributed by atoms with van der Waals surface area (Å²) in [4.78, 5) is 4.10. The third-order valence-electron chi connectivity index (χ3n) is 4.91. The SMILES string of the molecule is Oc1cc(C(F)(F)F)ccc1-c1nnc(N[C@H]2CC[C@@H](O)C2)c2cnccc12. The van der Waals surface area contributed by atoms with Crippen LogP contribution in [0.3, 0.4) is 0 Å². The molecular formula is C19H17F3N4O2. The van der Waals surface area contributed by atoms with E-state index in [0.717, 1.165) is 12.5 Å². The van der Waals surface area contributed by atoms with Gasteiger partial charge in [0.2, 0.25) is 0 Å². The van der Waals surface area contributed by atoms with E-state index < -0.39 is 17.5 Å². The predicted molar refractivity (Wildman–Crippen MR) is 96.7 cm³/mol. The van der Waals surface area contributed by atoms with Crippen LogP contribution in [0.2, 0.25) is 0 Å². The smallest absolute Gasteiger partial charge is 0.416 e. The van der Waals surface area contributed by atoms with E-state index in [0.29, 0.717) is 35.5 Å². The molecule has 1 aromatic carbocycles. The van der Waals surface area contributed by atoms with Crippen molar-refractivity contribution in [3.63, 3.8) is 0 Å². The number of phenolic OH excluding ortho intramolecular Hbond substituents is 1. The van der Waals surface area contributed by atoms with Gasteiger partial charge in [0.15, 0.2) is 5.82 Å². The number of aliphatic hydroxyl groups is 1. The molecule has 146 valence electrons. The van der Waals surface area contributed by atoms with Crippen molar-refractivity contribution in [3.8, 4) is 17.0 Å². The zero-order valence-electron chi connectivity index (χ0n) is 14.6. The molecule has 2 heterocycles. The third-order valence-corrected chi connectivity index (χ3v) is 4.91. The number of fused-ring (bicyclic) bond motifs is 1. The average Bonchev–Trinajstić information content (AvgIpc) is 3.06. The van der Waals surface area contributed by atoms with Crippen molar-refractivity contribution in [1.29, 1.82) is 0 Å². The Labute approximate surface area is 158 Å². The molecular weight excluding hydrogens is 373 g/mol. The second-order valence-corrected chi connectivity index (χ2v) is 6.86. The second kappa shape index (κ2) is 6.90. The van der Waals surface area contributed by atoms with Gasteiger partial charge in [-0.3, -0.25) is 4.98 Å². The van der Waals surface area contributed by atoms with Gasteiger partial charge in [-0.05, 0) is 43.5 Å². The summed E-state index contributed by atoms with van der Waals surface area (Å²) in [6.07, 6.45) is 0.335. The molecule has 0 amide bonds. The minimum Gasteiger partial charge on any atom is -0.507 e. The Morgan fingerprint density at radius 3 is 2.57 bits per heavy atom. The third kappa shape index (κ3) is 3.45. The van der Waals surface area contributed by atoms with Gasteiger partial charge in [0, 0.05) is 34.8 Å². The zero-order valence-corrected chi connectivity index (χ0v) is 14.6. The Bertz CT molecular complexity index is 1030. The number of halogens is 3. The number of nitrogens with one attached hydrogen (secondary N) is 1. The van der Waals surface area contributed by atoms with Crippen LogP contribution in [0.1, 0.15) is 24.8 Å². The van der Waals surface area contributed by atoms with Crippen LogP contribution in [0.5, 0.6) is 5.75 Å². The van der Waals surface area contributed by atoms with E-state index in [-0.39, 0.29) is 23.4 Å². The van der Waals surface area contributed by atoms with E-state index in [1.807, 2.05) is 0 Å². The molecule has 0 saturated heterocycles. The summed E-state index contributed by atoms with van der Waals surface area (Å²) in [6, 6.07) is 4.48. The Kier molecular flexibility index (Phi) is 4.54. The number of benzene rings is 1. The number of aromatic hydroxyl groups is 1. The number of aromatic nitrogens is 3. The van der Waals surface area contributed by atoms with Crippen LogP contribution >= 0.6 is 0 Å². The molecule has 9 heteroatoms. The lowest BCUT2D eigenvalue weighted by Gasteiger charge is -2.16. The maximum absolute atomic E-state index is 12.9. The predicted octanol–water partition coefficient (Wildman–Crippen LogP) is 3.74. The molecule has 1 fully saturated rings. The number of nitrogens with zero attached hydrogens (tertiary/aromatic N) is 3. The molecule has 0 bridgehead atoms. The molecule has 0 radical (unpaired) electrons. The summed E-state index contributed by atoms with van der Waals surface area (Å²) >= 11 is 0. The highest BCUT2D eigenvalue weighted by atomic mass is 19.4. The molecule has 3 N–H and O–H groups in total. The van der Waals surface area contributed by atoms with Gasteiger partial charge >= 0.3 is 6.18 Å². The number of hydrogen-bond donors (Lipinski definition) is 3. The highest BCUT2D eigenvalue weighted by Crippen LogP contribution is 2.38. The van der Waals surface area contributed by atoms with Gasteiger partial charge < -0.3 is 15.5 Å². The Morgan fingerprint density at radius 2 is 1.89 bits per heavy atom. The Balaban J connectivity index is 1.76. The maximum Gasteiger partial charge on any atom is 0.416 e. The number of phenols is 1. The first-order valence-electron chi connectivity index (χ1n) is 8.78. The number of hydrogen-bond acceptors (Lipinski definition) is 6. The van der Waals surface area contributed by atoms with Crippen molar-refractivity contribution >= 4 is 16.6 Å². The average molecular weight is 390 g/mol. The van der Waals surface area contributed by atoms with Crippen molar-refractivity contribution in [3.05, 3.63) is 42.2 Å². The number of rotatable bonds is 3. The van der Waals surface area contributed by atoms with Crippen molar-refractivity contribution < 1.29 is 23.4 Å². The minimum atomic E-state index is -4.55. The van der Waals surface area contributed by atoms with Crippen molar-refractivity contribution in [2.75, 3.05) is 5.32 Å². The lowest BCUT2D eigenvalue weighted by Crippen LogP contribution is -2.18. The number of anilines is 1. The van der Waals surface area contributed by atoms with E-state index in [2.05, 4.69) is 20.5 Å². The topological polar surface area (TPSA) is 91.2 Å². The van der Waals surface area contributed by atoms with Gasteiger partial charge in [0.05, 0.1) is 11.7 Å². The van der Waals surface area contributed by atoms with Crippen LogP contribution < -0.4 is 5.32 Å². The molecule has 2 aromatic heterocycles. The molecule has 0 unspecified atom stereocenters. The Morgan fingerprint density at radius 1 is 1.07 bits per heavy atom. The molecule has 1 aliphatic rings. The van der Waals surface area contributed by atoms with Crippen LogP contribution in [-0.2, 0) is 6.18 Å². The van der Waals surface area contributed by atoms with Crippen LogP contribution in [0.15, 0.2) is 36.7 Å². The van der Waals surface area contributed by atoms with E-state index in [4.69, 9.17) is 0 Å².